The molecule has 0 amide bonds. The molecule has 2 heterocycles. The highest BCUT2D eigenvalue weighted by atomic mass is 16.5. The quantitative estimate of drug-likeness (QED) is 0.792. The van der Waals surface area contributed by atoms with Crippen LogP contribution in [0.25, 0.3) is 11.5 Å². The van der Waals surface area contributed by atoms with Crippen molar-refractivity contribution in [3.8, 4) is 11.5 Å². The summed E-state index contributed by atoms with van der Waals surface area (Å²) in [5.74, 6) is 1.62. The van der Waals surface area contributed by atoms with Crippen molar-refractivity contribution in [2.75, 3.05) is 5.32 Å². The number of hydrogen-bond donors (Lipinski definition) is 1. The highest BCUT2D eigenvalue weighted by Gasteiger charge is 2.15. The lowest BCUT2D eigenvalue weighted by Crippen LogP contribution is -2.11. The monoisotopic (exact) mass is 281 g/mol. The van der Waals surface area contributed by atoms with Crippen LogP contribution in [-0.4, -0.2) is 20.1 Å². The van der Waals surface area contributed by atoms with Gasteiger partial charge in [-0.25, -0.2) is 9.97 Å². The summed E-state index contributed by atoms with van der Waals surface area (Å²) in [5, 5.41) is 7.16. The second kappa shape index (κ2) is 5.70. The lowest BCUT2D eigenvalue weighted by atomic mass is 10.2. The molecule has 3 rings (SSSR count). The van der Waals surface area contributed by atoms with Gasteiger partial charge in [0.1, 0.15) is 0 Å². The Labute approximate surface area is 122 Å². The van der Waals surface area contributed by atoms with Gasteiger partial charge in [0.25, 0.3) is 5.89 Å². The molecular formula is C15H15N5O. The molecule has 6 nitrogen and oxygen atoms in total. The number of anilines is 1. The maximum atomic E-state index is 5.29. The van der Waals surface area contributed by atoms with Gasteiger partial charge in [-0.2, -0.15) is 4.98 Å². The van der Waals surface area contributed by atoms with Gasteiger partial charge in [0.05, 0.1) is 6.04 Å². The molecule has 0 aliphatic carbocycles. The standard InChI is InChI=1S/C15H15N5O/c1-10-8-9-16-15(17-10)18-11(2)13-19-14(21-20-13)12-6-4-3-5-7-12/h3-9,11H,1-2H3,(H,16,17,18). The first-order valence-corrected chi connectivity index (χ1v) is 6.67. The molecule has 0 radical (unpaired) electrons. The summed E-state index contributed by atoms with van der Waals surface area (Å²) < 4.78 is 5.29. The van der Waals surface area contributed by atoms with Crippen molar-refractivity contribution in [2.24, 2.45) is 0 Å². The minimum absolute atomic E-state index is 0.145. The van der Waals surface area contributed by atoms with Gasteiger partial charge in [-0.3, -0.25) is 0 Å². The maximum Gasteiger partial charge on any atom is 0.257 e. The van der Waals surface area contributed by atoms with Crippen LogP contribution >= 0.6 is 0 Å². The third-order valence-electron chi connectivity index (χ3n) is 2.99. The Bertz CT molecular complexity index is 726. The van der Waals surface area contributed by atoms with Crippen LogP contribution in [0, 0.1) is 6.92 Å². The molecule has 0 aliphatic rings. The van der Waals surface area contributed by atoms with E-state index in [4.69, 9.17) is 4.52 Å². The summed E-state index contributed by atoms with van der Waals surface area (Å²) in [6.45, 7) is 3.85. The van der Waals surface area contributed by atoms with E-state index in [9.17, 15) is 0 Å². The lowest BCUT2D eigenvalue weighted by molar-refractivity contribution is 0.419. The number of nitrogens with zero attached hydrogens (tertiary/aromatic N) is 4. The molecule has 0 saturated heterocycles. The number of benzene rings is 1. The summed E-state index contributed by atoms with van der Waals surface area (Å²) in [7, 11) is 0. The Balaban J connectivity index is 1.77. The Hall–Kier alpha value is -2.76. The molecule has 1 aromatic carbocycles. The zero-order chi connectivity index (χ0) is 14.7. The molecule has 3 aromatic rings. The summed E-state index contributed by atoms with van der Waals surface area (Å²) in [4.78, 5) is 12.9. The van der Waals surface area contributed by atoms with Crippen molar-refractivity contribution in [3.05, 3.63) is 54.1 Å². The first-order chi connectivity index (χ1) is 10.2. The fourth-order valence-corrected chi connectivity index (χ4v) is 1.89. The van der Waals surface area contributed by atoms with Crippen molar-refractivity contribution in [1.82, 2.24) is 20.1 Å². The van der Waals surface area contributed by atoms with Gasteiger partial charge < -0.3 is 9.84 Å². The molecule has 1 unspecified atom stereocenters. The molecule has 2 aromatic heterocycles. The molecule has 0 bridgehead atoms. The van der Waals surface area contributed by atoms with Gasteiger partial charge in [-0.15, -0.1) is 0 Å². The van der Waals surface area contributed by atoms with E-state index in [1.165, 1.54) is 0 Å². The summed E-state index contributed by atoms with van der Waals surface area (Å²) in [5.41, 5.74) is 1.80. The summed E-state index contributed by atoms with van der Waals surface area (Å²) >= 11 is 0. The first-order valence-electron chi connectivity index (χ1n) is 6.67. The zero-order valence-electron chi connectivity index (χ0n) is 11.8. The minimum atomic E-state index is -0.145. The van der Waals surface area contributed by atoms with Crippen molar-refractivity contribution >= 4 is 5.95 Å². The van der Waals surface area contributed by atoms with E-state index < -0.39 is 0 Å². The molecule has 21 heavy (non-hydrogen) atoms. The smallest absolute Gasteiger partial charge is 0.257 e. The largest absolute Gasteiger partial charge is 0.344 e. The predicted octanol–water partition coefficient (Wildman–Crippen LogP) is 3.01. The van der Waals surface area contributed by atoms with Gasteiger partial charge >= 0.3 is 0 Å². The minimum Gasteiger partial charge on any atom is -0.344 e. The summed E-state index contributed by atoms with van der Waals surface area (Å²) in [6, 6.07) is 11.4. The second-order valence-corrected chi connectivity index (χ2v) is 4.71. The molecule has 6 heteroatoms. The molecule has 0 fully saturated rings. The van der Waals surface area contributed by atoms with E-state index in [0.29, 0.717) is 17.7 Å². The topological polar surface area (TPSA) is 76.7 Å². The molecule has 0 saturated carbocycles. The highest BCUT2D eigenvalue weighted by molar-refractivity contribution is 5.52. The normalized spacial score (nSPS) is 12.1. The number of aromatic nitrogens is 4. The van der Waals surface area contributed by atoms with Crippen LogP contribution in [0.1, 0.15) is 24.5 Å². The Morgan fingerprint density at radius 3 is 2.67 bits per heavy atom. The van der Waals surface area contributed by atoms with Crippen LogP contribution < -0.4 is 5.32 Å². The van der Waals surface area contributed by atoms with Crippen LogP contribution in [0.3, 0.4) is 0 Å². The van der Waals surface area contributed by atoms with Gasteiger partial charge in [0.2, 0.25) is 5.95 Å². The average Bonchev–Trinajstić information content (AvgIpc) is 2.98. The van der Waals surface area contributed by atoms with Crippen molar-refractivity contribution < 1.29 is 4.52 Å². The third kappa shape index (κ3) is 3.05. The number of hydrogen-bond acceptors (Lipinski definition) is 6. The Morgan fingerprint density at radius 2 is 1.90 bits per heavy atom. The number of rotatable bonds is 4. The van der Waals surface area contributed by atoms with Gasteiger partial charge in [0, 0.05) is 17.5 Å². The molecular weight excluding hydrogens is 266 g/mol. The average molecular weight is 281 g/mol. The second-order valence-electron chi connectivity index (χ2n) is 4.71. The highest BCUT2D eigenvalue weighted by Crippen LogP contribution is 2.20. The zero-order valence-corrected chi connectivity index (χ0v) is 11.8. The number of nitrogens with one attached hydrogen (secondary N) is 1. The van der Waals surface area contributed by atoms with Gasteiger partial charge in [0.15, 0.2) is 5.82 Å². The fourth-order valence-electron chi connectivity index (χ4n) is 1.89. The van der Waals surface area contributed by atoms with Crippen LogP contribution in [0.5, 0.6) is 0 Å². The SMILES string of the molecule is Cc1ccnc(NC(C)c2noc(-c3ccccc3)n2)n1. The number of aryl methyl sites for hydroxylation is 1. The van der Waals surface area contributed by atoms with E-state index >= 15 is 0 Å². The van der Waals surface area contributed by atoms with Gasteiger partial charge in [-0.1, -0.05) is 23.4 Å². The van der Waals surface area contributed by atoms with E-state index in [-0.39, 0.29) is 6.04 Å². The lowest BCUT2D eigenvalue weighted by Gasteiger charge is -2.09. The van der Waals surface area contributed by atoms with E-state index in [1.54, 1.807) is 6.20 Å². The van der Waals surface area contributed by atoms with E-state index in [0.717, 1.165) is 11.3 Å². The first kappa shape index (κ1) is 13.2. The van der Waals surface area contributed by atoms with Crippen LogP contribution in [-0.2, 0) is 0 Å². The molecule has 1 N–H and O–H groups in total. The molecule has 0 aliphatic heterocycles. The van der Waals surface area contributed by atoms with E-state index in [2.05, 4.69) is 25.4 Å². The van der Waals surface area contributed by atoms with Crippen molar-refractivity contribution in [1.29, 1.82) is 0 Å². The fraction of sp³-hybridized carbons (Fsp3) is 0.200. The summed E-state index contributed by atoms with van der Waals surface area (Å²) in [6.07, 6.45) is 1.71. The Kier molecular flexibility index (Phi) is 3.59. The van der Waals surface area contributed by atoms with E-state index in [1.807, 2.05) is 50.2 Å². The molecule has 1 atom stereocenters. The third-order valence-corrected chi connectivity index (χ3v) is 2.99. The predicted molar refractivity (Wildman–Crippen MR) is 78.5 cm³/mol. The van der Waals surface area contributed by atoms with Crippen molar-refractivity contribution in [2.45, 2.75) is 19.9 Å². The van der Waals surface area contributed by atoms with Crippen LogP contribution in [0.4, 0.5) is 5.95 Å². The maximum absolute atomic E-state index is 5.29. The molecule has 106 valence electrons. The Morgan fingerprint density at radius 1 is 1.10 bits per heavy atom. The van der Waals surface area contributed by atoms with Crippen LogP contribution in [0.2, 0.25) is 0 Å². The van der Waals surface area contributed by atoms with Crippen molar-refractivity contribution in [3.63, 3.8) is 0 Å². The molecule has 0 spiro atoms. The van der Waals surface area contributed by atoms with Gasteiger partial charge in [-0.05, 0) is 32.0 Å². The van der Waals surface area contributed by atoms with Crippen LogP contribution in [0.15, 0.2) is 47.1 Å².